The van der Waals surface area contributed by atoms with Crippen LogP contribution in [0.25, 0.3) is 55.8 Å². The lowest BCUT2D eigenvalue weighted by atomic mass is 10.0. The van der Waals surface area contributed by atoms with Crippen LogP contribution in [0.4, 0.5) is 14.5 Å². The van der Waals surface area contributed by atoms with E-state index in [1.54, 1.807) is 42.9 Å². The van der Waals surface area contributed by atoms with E-state index >= 15 is 4.39 Å². The molecule has 2 aromatic carbocycles. The number of aromatic amines is 2. The summed E-state index contributed by atoms with van der Waals surface area (Å²) in [5.74, 6) is -0.317. The molecular weight excluding hydrogens is 488 g/mol. The molecule has 0 fully saturated rings. The zero-order valence-electron chi connectivity index (χ0n) is 20.5. The number of halogens is 2. The van der Waals surface area contributed by atoms with Crippen LogP contribution in [0.1, 0.15) is 13.8 Å². The van der Waals surface area contributed by atoms with E-state index in [0.29, 0.717) is 50.4 Å². The number of aliphatic hydroxyl groups excluding tert-OH is 1. The Labute approximate surface area is 215 Å². The second-order valence-electron chi connectivity index (χ2n) is 9.39. The number of anilines is 1. The highest BCUT2D eigenvalue weighted by Crippen LogP contribution is 2.34. The first-order valence-corrected chi connectivity index (χ1v) is 12.1. The van der Waals surface area contributed by atoms with Gasteiger partial charge in [0.2, 0.25) is 0 Å². The highest BCUT2D eigenvalue weighted by Gasteiger charge is 2.19. The van der Waals surface area contributed by atoms with Crippen LogP contribution in [0.15, 0.2) is 67.1 Å². The van der Waals surface area contributed by atoms with Crippen molar-refractivity contribution in [3.05, 3.63) is 78.8 Å². The molecule has 0 aliphatic rings. The smallest absolute Gasteiger partial charge is 0.160 e. The minimum atomic E-state index is -0.763. The Bertz CT molecular complexity index is 1780. The molecule has 10 heteroatoms. The van der Waals surface area contributed by atoms with Gasteiger partial charge in [0.15, 0.2) is 11.5 Å². The molecular formula is C28H23F2N7O. The third-order valence-electron chi connectivity index (χ3n) is 6.41. The minimum Gasteiger partial charge on any atom is -0.374 e. The van der Waals surface area contributed by atoms with E-state index in [-0.39, 0.29) is 11.7 Å². The number of aromatic nitrogens is 6. The Morgan fingerprint density at radius 1 is 0.947 bits per heavy atom. The van der Waals surface area contributed by atoms with Crippen molar-refractivity contribution in [3.8, 4) is 33.8 Å². The predicted octanol–water partition coefficient (Wildman–Crippen LogP) is 5.89. The van der Waals surface area contributed by atoms with Gasteiger partial charge < -0.3 is 15.4 Å². The van der Waals surface area contributed by atoms with Gasteiger partial charge >= 0.3 is 0 Å². The van der Waals surface area contributed by atoms with Crippen molar-refractivity contribution in [1.82, 2.24) is 30.1 Å². The summed E-state index contributed by atoms with van der Waals surface area (Å²) in [5, 5.41) is 21.1. The summed E-state index contributed by atoms with van der Waals surface area (Å²) in [7, 11) is 0. The van der Waals surface area contributed by atoms with Crippen molar-refractivity contribution in [3.63, 3.8) is 0 Å². The van der Waals surface area contributed by atoms with Crippen molar-refractivity contribution >= 4 is 27.8 Å². The van der Waals surface area contributed by atoms with Gasteiger partial charge in [0.1, 0.15) is 29.1 Å². The maximum atomic E-state index is 15.2. The van der Waals surface area contributed by atoms with Crippen LogP contribution in [0.2, 0.25) is 0 Å². The summed E-state index contributed by atoms with van der Waals surface area (Å²) in [6, 6.07) is 12.8. The van der Waals surface area contributed by atoms with Crippen molar-refractivity contribution in [2.75, 3.05) is 5.32 Å². The Morgan fingerprint density at radius 3 is 2.55 bits per heavy atom. The van der Waals surface area contributed by atoms with E-state index in [4.69, 9.17) is 4.98 Å². The van der Waals surface area contributed by atoms with Gasteiger partial charge in [-0.1, -0.05) is 26.0 Å². The summed E-state index contributed by atoms with van der Waals surface area (Å²) < 4.78 is 28.6. The number of nitrogens with one attached hydrogen (secondary N) is 3. The fourth-order valence-corrected chi connectivity index (χ4v) is 4.33. The molecule has 4 heterocycles. The van der Waals surface area contributed by atoms with Gasteiger partial charge in [-0.2, -0.15) is 5.10 Å². The third kappa shape index (κ3) is 4.24. The summed E-state index contributed by atoms with van der Waals surface area (Å²) >= 11 is 0. The van der Waals surface area contributed by atoms with E-state index in [0.717, 1.165) is 11.1 Å². The molecule has 0 amide bonds. The van der Waals surface area contributed by atoms with E-state index in [1.807, 2.05) is 19.9 Å². The van der Waals surface area contributed by atoms with Crippen LogP contribution < -0.4 is 5.32 Å². The van der Waals surface area contributed by atoms with E-state index < -0.39 is 12.0 Å². The number of hydrogen-bond donors (Lipinski definition) is 4. The molecule has 0 aliphatic carbocycles. The largest absolute Gasteiger partial charge is 0.374 e. The van der Waals surface area contributed by atoms with Crippen molar-refractivity contribution in [2.45, 2.75) is 20.1 Å². The van der Waals surface area contributed by atoms with Gasteiger partial charge in [-0.3, -0.25) is 10.1 Å². The average molecular weight is 512 g/mol. The molecule has 0 aliphatic heterocycles. The van der Waals surface area contributed by atoms with Gasteiger partial charge in [-0.25, -0.2) is 18.7 Å². The molecule has 190 valence electrons. The van der Waals surface area contributed by atoms with Gasteiger partial charge in [0.25, 0.3) is 0 Å². The molecule has 4 aromatic heterocycles. The molecule has 1 atom stereocenters. The van der Waals surface area contributed by atoms with Gasteiger partial charge in [0, 0.05) is 40.5 Å². The first-order valence-electron chi connectivity index (χ1n) is 12.1. The number of pyridine rings is 2. The predicted molar refractivity (Wildman–Crippen MR) is 142 cm³/mol. The Kier molecular flexibility index (Phi) is 5.80. The highest BCUT2D eigenvalue weighted by atomic mass is 19.1. The fraction of sp³-hybridized carbons (Fsp3) is 0.143. The number of imidazole rings is 1. The van der Waals surface area contributed by atoms with Crippen LogP contribution >= 0.6 is 0 Å². The lowest BCUT2D eigenvalue weighted by Crippen LogP contribution is -2.24. The van der Waals surface area contributed by atoms with Crippen molar-refractivity contribution < 1.29 is 13.9 Å². The van der Waals surface area contributed by atoms with Gasteiger partial charge in [-0.15, -0.1) is 0 Å². The minimum absolute atomic E-state index is 0.0119. The zero-order chi connectivity index (χ0) is 26.4. The molecule has 0 saturated carbocycles. The molecule has 0 radical (unpaired) electrons. The maximum Gasteiger partial charge on any atom is 0.160 e. The van der Waals surface area contributed by atoms with Crippen LogP contribution in [0.3, 0.4) is 0 Å². The first kappa shape index (κ1) is 23.7. The number of fused-ring (bicyclic) bond motifs is 2. The van der Waals surface area contributed by atoms with Crippen molar-refractivity contribution in [1.29, 1.82) is 0 Å². The number of hydrogen-bond acceptors (Lipinski definition) is 6. The molecule has 4 N–H and O–H groups in total. The number of H-pyrrole nitrogens is 2. The SMILES string of the molecule is CC(C)C(O)Nc1cncc(-c2cc3c(-c4nc5c(-c6ccc(F)cc6)ccnc5[nH]4)n[nH]c3cc2F)c1. The van der Waals surface area contributed by atoms with Crippen LogP contribution in [-0.4, -0.2) is 41.5 Å². The van der Waals surface area contributed by atoms with Crippen LogP contribution in [-0.2, 0) is 0 Å². The third-order valence-corrected chi connectivity index (χ3v) is 6.41. The van der Waals surface area contributed by atoms with Crippen LogP contribution in [0, 0.1) is 17.6 Å². The van der Waals surface area contributed by atoms with Crippen molar-refractivity contribution in [2.24, 2.45) is 5.92 Å². The quantitative estimate of drug-likeness (QED) is 0.207. The normalized spacial score (nSPS) is 12.5. The number of benzene rings is 2. The Morgan fingerprint density at radius 2 is 1.76 bits per heavy atom. The summed E-state index contributed by atoms with van der Waals surface area (Å²) in [6.45, 7) is 3.78. The molecule has 1 unspecified atom stereocenters. The molecule has 8 nitrogen and oxygen atoms in total. The van der Waals surface area contributed by atoms with E-state index in [2.05, 4.69) is 30.5 Å². The van der Waals surface area contributed by atoms with Crippen LogP contribution in [0.5, 0.6) is 0 Å². The number of aliphatic hydroxyl groups is 1. The standard InChI is InChI=1S/C28H23F2N7O/c1-14(2)28(38)33-18-9-16(12-31-13-18)20-10-21-23(11-22(20)30)36-37-25(21)27-34-24-19(7-8-32-26(24)35-27)15-3-5-17(29)6-4-15/h3-14,28,33,38H,1-2H3,(H,36,37)(H,32,34,35). The summed E-state index contributed by atoms with van der Waals surface area (Å²) in [6.07, 6.45) is 4.04. The maximum absolute atomic E-state index is 15.2. The molecule has 38 heavy (non-hydrogen) atoms. The molecule has 6 aromatic rings. The lowest BCUT2D eigenvalue weighted by Gasteiger charge is -2.17. The Balaban J connectivity index is 1.43. The highest BCUT2D eigenvalue weighted by molar-refractivity contribution is 5.97. The second-order valence-corrected chi connectivity index (χ2v) is 9.39. The fourth-order valence-electron chi connectivity index (χ4n) is 4.33. The van der Waals surface area contributed by atoms with Gasteiger partial charge in [-0.05, 0) is 41.8 Å². The Hall–Kier alpha value is -4.70. The average Bonchev–Trinajstić information content (AvgIpc) is 3.52. The monoisotopic (exact) mass is 511 g/mol. The lowest BCUT2D eigenvalue weighted by molar-refractivity contribution is 0.153. The number of rotatable bonds is 6. The number of nitrogens with zero attached hydrogens (tertiary/aromatic N) is 4. The summed E-state index contributed by atoms with van der Waals surface area (Å²) in [4.78, 5) is 16.6. The zero-order valence-corrected chi connectivity index (χ0v) is 20.5. The first-order chi connectivity index (χ1) is 18.4. The second kappa shape index (κ2) is 9.31. The molecule has 0 bridgehead atoms. The van der Waals surface area contributed by atoms with Gasteiger partial charge in [0.05, 0.1) is 17.4 Å². The molecule has 0 spiro atoms. The van der Waals surface area contributed by atoms with E-state index in [9.17, 15) is 9.50 Å². The van der Waals surface area contributed by atoms with E-state index in [1.165, 1.54) is 18.2 Å². The topological polar surface area (TPSA) is 115 Å². The molecule has 0 saturated heterocycles. The summed E-state index contributed by atoms with van der Waals surface area (Å²) in [5.41, 5.74) is 5.21. The molecule has 6 rings (SSSR count).